The van der Waals surface area contributed by atoms with Crippen molar-refractivity contribution in [2.75, 3.05) is 31.9 Å². The maximum absolute atomic E-state index is 11.0. The molecule has 0 atom stereocenters. The first-order valence-corrected chi connectivity index (χ1v) is 8.18. The van der Waals surface area contributed by atoms with Crippen LogP contribution in [0.2, 0.25) is 0 Å². The second-order valence-electron chi connectivity index (χ2n) is 3.79. The molecule has 1 aromatic heterocycles. The van der Waals surface area contributed by atoms with Gasteiger partial charge >= 0.3 is 0 Å². The van der Waals surface area contributed by atoms with E-state index in [0.717, 1.165) is 10.9 Å². The third-order valence-corrected chi connectivity index (χ3v) is 3.65. The lowest BCUT2D eigenvalue weighted by atomic mass is 10.4. The molecule has 0 aliphatic rings. The van der Waals surface area contributed by atoms with Gasteiger partial charge in [0, 0.05) is 12.8 Å². The van der Waals surface area contributed by atoms with Gasteiger partial charge in [0.2, 0.25) is 0 Å². The fraction of sp³-hybridized carbons (Fsp3) is 0.600. The Morgan fingerprint density at radius 3 is 2.62 bits per heavy atom. The molecule has 1 rings (SSSR count). The van der Waals surface area contributed by atoms with Crippen molar-refractivity contribution in [3.8, 4) is 0 Å². The Labute approximate surface area is 101 Å². The standard InChI is InChI=1S/C10H17NO3S2/c1-11(6-7-16(3,12)13)8-9-4-5-10(14-9)15-2/h4-5H,6-8H2,1-3H3. The summed E-state index contributed by atoms with van der Waals surface area (Å²) in [6, 6.07) is 3.84. The van der Waals surface area contributed by atoms with Crippen molar-refractivity contribution in [3.05, 3.63) is 17.9 Å². The molecule has 1 heterocycles. The number of sulfone groups is 1. The number of furan rings is 1. The highest BCUT2D eigenvalue weighted by atomic mass is 32.2. The summed E-state index contributed by atoms with van der Waals surface area (Å²) in [6.07, 6.45) is 3.20. The van der Waals surface area contributed by atoms with E-state index in [4.69, 9.17) is 4.42 Å². The predicted molar refractivity (Wildman–Crippen MR) is 66.5 cm³/mol. The summed E-state index contributed by atoms with van der Waals surface area (Å²) in [4.78, 5) is 1.93. The van der Waals surface area contributed by atoms with E-state index in [9.17, 15) is 8.42 Å². The molecule has 1 aromatic rings. The first-order chi connectivity index (χ1) is 7.40. The lowest BCUT2D eigenvalue weighted by Gasteiger charge is -2.13. The fourth-order valence-electron chi connectivity index (χ4n) is 1.22. The third-order valence-electron chi connectivity index (χ3n) is 2.11. The zero-order chi connectivity index (χ0) is 12.2. The van der Waals surface area contributed by atoms with Crippen LogP contribution in [0, 0.1) is 0 Å². The zero-order valence-corrected chi connectivity index (χ0v) is 11.4. The summed E-state index contributed by atoms with van der Waals surface area (Å²) in [6.45, 7) is 1.16. The Morgan fingerprint density at radius 1 is 1.44 bits per heavy atom. The summed E-state index contributed by atoms with van der Waals surface area (Å²) < 4.78 is 27.5. The summed E-state index contributed by atoms with van der Waals surface area (Å²) >= 11 is 1.55. The molecule has 0 spiro atoms. The summed E-state index contributed by atoms with van der Waals surface area (Å²) in [7, 11) is -1.01. The summed E-state index contributed by atoms with van der Waals surface area (Å²) in [5.41, 5.74) is 0. The highest BCUT2D eigenvalue weighted by Crippen LogP contribution is 2.18. The maximum atomic E-state index is 11.0. The van der Waals surface area contributed by atoms with E-state index in [1.807, 2.05) is 30.3 Å². The van der Waals surface area contributed by atoms with Gasteiger partial charge in [0.05, 0.1) is 12.3 Å². The number of rotatable bonds is 6. The molecule has 6 heteroatoms. The molecular weight excluding hydrogens is 246 g/mol. The van der Waals surface area contributed by atoms with Gasteiger partial charge < -0.3 is 4.42 Å². The molecule has 0 aliphatic carbocycles. The smallest absolute Gasteiger partial charge is 0.160 e. The van der Waals surface area contributed by atoms with Gasteiger partial charge in [-0.15, -0.1) is 0 Å². The molecule has 0 N–H and O–H groups in total. The molecule has 92 valence electrons. The quantitative estimate of drug-likeness (QED) is 0.728. The molecule has 0 saturated carbocycles. The average Bonchev–Trinajstić information content (AvgIpc) is 2.61. The van der Waals surface area contributed by atoms with Gasteiger partial charge in [0.25, 0.3) is 0 Å². The Balaban J connectivity index is 2.42. The van der Waals surface area contributed by atoms with Crippen molar-refractivity contribution in [1.82, 2.24) is 4.90 Å². The van der Waals surface area contributed by atoms with Gasteiger partial charge in [-0.1, -0.05) is 11.8 Å². The SMILES string of the molecule is CSc1ccc(CN(C)CCS(C)(=O)=O)o1. The Kier molecular flexibility index (Phi) is 4.89. The van der Waals surface area contributed by atoms with Gasteiger partial charge in [-0.3, -0.25) is 4.90 Å². The van der Waals surface area contributed by atoms with Crippen LogP contribution >= 0.6 is 11.8 Å². The number of hydrogen-bond acceptors (Lipinski definition) is 5. The molecular formula is C10H17NO3S2. The normalized spacial score (nSPS) is 12.2. The van der Waals surface area contributed by atoms with Gasteiger partial charge in [-0.2, -0.15) is 0 Å². The van der Waals surface area contributed by atoms with Crippen LogP contribution < -0.4 is 0 Å². The van der Waals surface area contributed by atoms with E-state index in [1.165, 1.54) is 6.26 Å². The molecule has 0 radical (unpaired) electrons. The van der Waals surface area contributed by atoms with E-state index < -0.39 is 9.84 Å². The van der Waals surface area contributed by atoms with E-state index in [2.05, 4.69) is 0 Å². The molecule has 0 saturated heterocycles. The molecule has 4 nitrogen and oxygen atoms in total. The van der Waals surface area contributed by atoms with Crippen LogP contribution in [-0.2, 0) is 16.4 Å². The van der Waals surface area contributed by atoms with Crippen molar-refractivity contribution >= 4 is 21.6 Å². The molecule has 0 amide bonds. The second kappa shape index (κ2) is 5.75. The second-order valence-corrected chi connectivity index (χ2v) is 6.86. The van der Waals surface area contributed by atoms with E-state index in [1.54, 1.807) is 11.8 Å². The van der Waals surface area contributed by atoms with Gasteiger partial charge in [0.1, 0.15) is 15.6 Å². The highest BCUT2D eigenvalue weighted by molar-refractivity contribution is 7.98. The van der Waals surface area contributed by atoms with E-state index in [-0.39, 0.29) is 5.75 Å². The van der Waals surface area contributed by atoms with Crippen molar-refractivity contribution < 1.29 is 12.8 Å². The fourth-order valence-corrected chi connectivity index (χ4v) is 2.26. The number of thioether (sulfide) groups is 1. The molecule has 0 bridgehead atoms. The molecule has 16 heavy (non-hydrogen) atoms. The van der Waals surface area contributed by atoms with Gasteiger partial charge in [0.15, 0.2) is 5.09 Å². The minimum absolute atomic E-state index is 0.180. The monoisotopic (exact) mass is 263 g/mol. The molecule has 0 unspecified atom stereocenters. The first kappa shape index (κ1) is 13.6. The maximum Gasteiger partial charge on any atom is 0.160 e. The van der Waals surface area contributed by atoms with E-state index >= 15 is 0 Å². The largest absolute Gasteiger partial charge is 0.454 e. The van der Waals surface area contributed by atoms with Crippen molar-refractivity contribution in [3.63, 3.8) is 0 Å². The number of hydrogen-bond donors (Lipinski definition) is 0. The minimum Gasteiger partial charge on any atom is -0.454 e. The summed E-state index contributed by atoms with van der Waals surface area (Å²) in [5, 5.41) is 0.881. The van der Waals surface area contributed by atoms with Crippen LogP contribution in [-0.4, -0.2) is 45.2 Å². The predicted octanol–water partition coefficient (Wildman–Crippen LogP) is 1.48. The van der Waals surface area contributed by atoms with Crippen LogP contribution in [0.3, 0.4) is 0 Å². The average molecular weight is 263 g/mol. The van der Waals surface area contributed by atoms with Crippen LogP contribution in [0.4, 0.5) is 0 Å². The van der Waals surface area contributed by atoms with Crippen LogP contribution in [0.5, 0.6) is 0 Å². The van der Waals surface area contributed by atoms with Crippen molar-refractivity contribution in [2.45, 2.75) is 11.6 Å². The lowest BCUT2D eigenvalue weighted by molar-refractivity contribution is 0.296. The summed E-state index contributed by atoms with van der Waals surface area (Å²) in [5.74, 6) is 1.04. The van der Waals surface area contributed by atoms with Crippen LogP contribution in [0.1, 0.15) is 5.76 Å². The molecule has 0 aliphatic heterocycles. The zero-order valence-electron chi connectivity index (χ0n) is 9.76. The Hall–Kier alpha value is -0.460. The third kappa shape index (κ3) is 5.05. The van der Waals surface area contributed by atoms with Gasteiger partial charge in [-0.05, 0) is 25.4 Å². The number of nitrogens with zero attached hydrogens (tertiary/aromatic N) is 1. The Morgan fingerprint density at radius 2 is 2.12 bits per heavy atom. The topological polar surface area (TPSA) is 50.5 Å². The first-order valence-electron chi connectivity index (χ1n) is 4.89. The highest BCUT2D eigenvalue weighted by Gasteiger charge is 2.08. The minimum atomic E-state index is -2.89. The van der Waals surface area contributed by atoms with Crippen LogP contribution in [0.15, 0.2) is 21.6 Å². The molecule has 0 fully saturated rings. The van der Waals surface area contributed by atoms with Crippen molar-refractivity contribution in [2.24, 2.45) is 0 Å². The van der Waals surface area contributed by atoms with Crippen molar-refractivity contribution in [1.29, 1.82) is 0 Å². The van der Waals surface area contributed by atoms with E-state index in [0.29, 0.717) is 13.1 Å². The lowest BCUT2D eigenvalue weighted by Crippen LogP contribution is -2.24. The van der Waals surface area contributed by atoms with Gasteiger partial charge in [-0.25, -0.2) is 8.42 Å². The molecule has 0 aromatic carbocycles. The van der Waals surface area contributed by atoms with Crippen LogP contribution in [0.25, 0.3) is 0 Å². The Bertz CT molecular complexity index is 425.